The second-order valence-corrected chi connectivity index (χ2v) is 5.25. The molecule has 0 saturated carbocycles. The Morgan fingerprint density at radius 3 is 2.85 bits per heavy atom. The average Bonchev–Trinajstić information content (AvgIpc) is 2.71. The molecule has 1 aromatic heterocycles. The normalized spacial score (nSPS) is 14.2. The fourth-order valence-electron chi connectivity index (χ4n) is 1.86. The van der Waals surface area contributed by atoms with Crippen LogP contribution in [-0.4, -0.2) is 32.7 Å². The van der Waals surface area contributed by atoms with Crippen molar-refractivity contribution in [1.82, 2.24) is 14.9 Å². The van der Waals surface area contributed by atoms with Gasteiger partial charge in [-0.05, 0) is 31.5 Å². The van der Waals surface area contributed by atoms with Gasteiger partial charge >= 0.3 is 5.69 Å². The zero-order valence-electron chi connectivity index (χ0n) is 11.9. The quantitative estimate of drug-likeness (QED) is 0.771. The van der Waals surface area contributed by atoms with Gasteiger partial charge in [-0.3, -0.25) is 9.36 Å². The predicted octanol–water partition coefficient (Wildman–Crippen LogP) is 0.757. The van der Waals surface area contributed by atoms with E-state index in [0.717, 1.165) is 0 Å². The number of aromatic amines is 1. The van der Waals surface area contributed by atoms with Crippen LogP contribution in [0.1, 0.15) is 30.6 Å². The molecule has 0 spiro atoms. The number of carbonyl (C=O) groups is 1. The van der Waals surface area contributed by atoms with Crippen molar-refractivity contribution in [3.05, 3.63) is 34.2 Å². The molecule has 0 aliphatic carbocycles. The summed E-state index contributed by atoms with van der Waals surface area (Å²) < 4.78 is 1.45. The molecule has 1 amide bonds. The van der Waals surface area contributed by atoms with E-state index in [1.165, 1.54) is 4.57 Å². The van der Waals surface area contributed by atoms with Crippen LogP contribution in [0, 0.1) is 0 Å². The fraction of sp³-hybridized carbons (Fsp3) is 0.429. The van der Waals surface area contributed by atoms with E-state index in [1.54, 1.807) is 32.2 Å². The molecule has 1 aromatic carbocycles. The molecule has 20 heavy (non-hydrogen) atoms. The molecule has 2 rings (SSSR count). The van der Waals surface area contributed by atoms with E-state index in [9.17, 15) is 14.7 Å². The maximum absolute atomic E-state index is 12.0. The number of rotatable bonds is 4. The minimum atomic E-state index is -0.916. The molecular formula is C14H19N3O3. The van der Waals surface area contributed by atoms with Gasteiger partial charge in [-0.1, -0.05) is 6.92 Å². The van der Waals surface area contributed by atoms with Crippen LogP contribution in [0.25, 0.3) is 11.0 Å². The Morgan fingerprint density at radius 1 is 1.50 bits per heavy atom. The Morgan fingerprint density at radius 2 is 2.20 bits per heavy atom. The van der Waals surface area contributed by atoms with Crippen LogP contribution in [0.5, 0.6) is 0 Å². The van der Waals surface area contributed by atoms with Gasteiger partial charge in [0.15, 0.2) is 0 Å². The number of amides is 1. The smallest absolute Gasteiger partial charge is 0.326 e. The van der Waals surface area contributed by atoms with Crippen LogP contribution in [0.4, 0.5) is 0 Å². The first-order valence-electron chi connectivity index (χ1n) is 6.53. The number of aryl methyl sites for hydroxylation is 1. The predicted molar refractivity (Wildman–Crippen MR) is 76.8 cm³/mol. The number of fused-ring (bicyclic) bond motifs is 1. The van der Waals surface area contributed by atoms with E-state index in [2.05, 4.69) is 10.3 Å². The van der Waals surface area contributed by atoms with Gasteiger partial charge in [0, 0.05) is 19.2 Å². The lowest BCUT2D eigenvalue weighted by Gasteiger charge is -2.21. The van der Waals surface area contributed by atoms with Gasteiger partial charge in [0.1, 0.15) is 0 Å². The third-order valence-electron chi connectivity index (χ3n) is 3.56. The molecule has 6 heteroatoms. The lowest BCUT2D eigenvalue weighted by Crippen LogP contribution is -2.40. The number of benzene rings is 1. The van der Waals surface area contributed by atoms with E-state index < -0.39 is 5.60 Å². The van der Waals surface area contributed by atoms with Crippen LogP contribution >= 0.6 is 0 Å². The van der Waals surface area contributed by atoms with Gasteiger partial charge < -0.3 is 15.4 Å². The molecule has 1 atom stereocenters. The summed E-state index contributed by atoms with van der Waals surface area (Å²) in [6.45, 7) is 3.71. The molecule has 6 nitrogen and oxygen atoms in total. The summed E-state index contributed by atoms with van der Waals surface area (Å²) >= 11 is 0. The number of carbonyl (C=O) groups excluding carboxylic acids is 1. The third-order valence-corrected chi connectivity index (χ3v) is 3.56. The molecule has 1 unspecified atom stereocenters. The van der Waals surface area contributed by atoms with Gasteiger partial charge in [0.05, 0.1) is 16.6 Å². The number of hydrogen-bond acceptors (Lipinski definition) is 3. The Hall–Kier alpha value is -2.08. The molecule has 0 bridgehead atoms. The monoisotopic (exact) mass is 277 g/mol. The summed E-state index contributed by atoms with van der Waals surface area (Å²) in [5.74, 6) is -0.269. The molecule has 0 aliphatic heterocycles. The summed E-state index contributed by atoms with van der Waals surface area (Å²) in [7, 11) is 1.64. The highest BCUT2D eigenvalue weighted by molar-refractivity contribution is 5.97. The van der Waals surface area contributed by atoms with Crippen molar-refractivity contribution in [2.24, 2.45) is 7.05 Å². The highest BCUT2D eigenvalue weighted by Crippen LogP contribution is 2.12. The van der Waals surface area contributed by atoms with Crippen molar-refractivity contribution in [2.45, 2.75) is 25.9 Å². The van der Waals surface area contributed by atoms with E-state index in [0.29, 0.717) is 23.0 Å². The van der Waals surface area contributed by atoms with E-state index in [1.807, 2.05) is 6.92 Å². The molecule has 0 fully saturated rings. The van der Waals surface area contributed by atoms with E-state index in [4.69, 9.17) is 0 Å². The van der Waals surface area contributed by atoms with Crippen molar-refractivity contribution in [1.29, 1.82) is 0 Å². The number of H-pyrrole nitrogens is 1. The number of hydrogen-bond donors (Lipinski definition) is 3. The van der Waals surface area contributed by atoms with Crippen LogP contribution < -0.4 is 11.0 Å². The van der Waals surface area contributed by atoms with Crippen molar-refractivity contribution in [2.75, 3.05) is 6.54 Å². The van der Waals surface area contributed by atoms with Crippen LogP contribution in [0.15, 0.2) is 23.0 Å². The summed E-state index contributed by atoms with van der Waals surface area (Å²) in [4.78, 5) is 26.2. The van der Waals surface area contributed by atoms with Crippen LogP contribution in [0.2, 0.25) is 0 Å². The van der Waals surface area contributed by atoms with Crippen LogP contribution in [0.3, 0.4) is 0 Å². The van der Waals surface area contributed by atoms with E-state index >= 15 is 0 Å². The Kier molecular flexibility index (Phi) is 3.67. The summed E-state index contributed by atoms with van der Waals surface area (Å²) in [5.41, 5.74) is 0.686. The van der Waals surface area contributed by atoms with E-state index in [-0.39, 0.29) is 18.1 Å². The lowest BCUT2D eigenvalue weighted by atomic mass is 10.0. The zero-order chi connectivity index (χ0) is 14.9. The number of aliphatic hydroxyl groups is 1. The molecule has 0 saturated heterocycles. The minimum absolute atomic E-state index is 0.187. The molecular weight excluding hydrogens is 258 g/mol. The standard InChI is InChI=1S/C14H19N3O3/c1-4-14(2,20)8-15-12(18)9-5-6-10-11(7-9)17(3)13(19)16-10/h5-7,20H,4,8H2,1-3H3,(H,15,18)(H,16,19). The third kappa shape index (κ3) is 2.75. The van der Waals surface area contributed by atoms with Gasteiger partial charge in [0.2, 0.25) is 0 Å². The largest absolute Gasteiger partial charge is 0.388 e. The number of aromatic nitrogens is 2. The number of nitrogens with zero attached hydrogens (tertiary/aromatic N) is 1. The first kappa shape index (κ1) is 14.3. The Labute approximate surface area is 116 Å². The second kappa shape index (κ2) is 5.13. The SMILES string of the molecule is CCC(C)(O)CNC(=O)c1ccc2[nH]c(=O)n(C)c2c1. The maximum atomic E-state index is 12.0. The zero-order valence-corrected chi connectivity index (χ0v) is 11.9. The van der Waals surface area contributed by atoms with Crippen molar-refractivity contribution in [3.8, 4) is 0 Å². The number of imidazole rings is 1. The molecule has 3 N–H and O–H groups in total. The lowest BCUT2D eigenvalue weighted by molar-refractivity contribution is 0.0518. The fourth-order valence-corrected chi connectivity index (χ4v) is 1.86. The Balaban J connectivity index is 2.22. The van der Waals surface area contributed by atoms with Crippen molar-refractivity contribution >= 4 is 16.9 Å². The first-order chi connectivity index (χ1) is 9.34. The number of nitrogens with one attached hydrogen (secondary N) is 2. The van der Waals surface area contributed by atoms with Gasteiger partial charge in [-0.2, -0.15) is 0 Å². The highest BCUT2D eigenvalue weighted by atomic mass is 16.3. The van der Waals surface area contributed by atoms with Gasteiger partial charge in [-0.25, -0.2) is 4.79 Å². The van der Waals surface area contributed by atoms with Crippen molar-refractivity contribution in [3.63, 3.8) is 0 Å². The summed E-state index contributed by atoms with van der Waals surface area (Å²) in [6.07, 6.45) is 0.554. The molecule has 1 heterocycles. The molecule has 0 radical (unpaired) electrons. The molecule has 0 aliphatic rings. The summed E-state index contributed by atoms with van der Waals surface area (Å²) in [5, 5.41) is 12.6. The minimum Gasteiger partial charge on any atom is -0.388 e. The second-order valence-electron chi connectivity index (χ2n) is 5.25. The maximum Gasteiger partial charge on any atom is 0.326 e. The highest BCUT2D eigenvalue weighted by Gasteiger charge is 2.19. The van der Waals surface area contributed by atoms with Crippen molar-refractivity contribution < 1.29 is 9.90 Å². The summed E-state index contributed by atoms with van der Waals surface area (Å²) in [6, 6.07) is 5.00. The van der Waals surface area contributed by atoms with Gasteiger partial charge in [-0.15, -0.1) is 0 Å². The molecule has 108 valence electrons. The topological polar surface area (TPSA) is 87.1 Å². The van der Waals surface area contributed by atoms with Gasteiger partial charge in [0.25, 0.3) is 5.91 Å². The first-order valence-corrected chi connectivity index (χ1v) is 6.53. The van der Waals surface area contributed by atoms with Crippen LogP contribution in [-0.2, 0) is 7.05 Å². The molecule has 2 aromatic rings. The average molecular weight is 277 g/mol. The Bertz CT molecular complexity index is 697.